The van der Waals surface area contributed by atoms with Gasteiger partial charge in [-0.3, -0.25) is 9.48 Å². The van der Waals surface area contributed by atoms with Crippen molar-refractivity contribution >= 4 is 11.9 Å². The Balaban J connectivity index is 1.87. The number of nitrogens with one attached hydrogen (secondary N) is 1. The van der Waals surface area contributed by atoms with Crippen LogP contribution < -0.4 is 5.32 Å². The Morgan fingerprint density at radius 3 is 2.78 bits per heavy atom. The number of aliphatic carboxylic acids is 1. The number of aromatic nitrogens is 2. The van der Waals surface area contributed by atoms with Gasteiger partial charge in [-0.15, -0.1) is 0 Å². The number of rotatable bonds is 6. The monoisotopic (exact) mass is 251 g/mol. The third-order valence-corrected chi connectivity index (χ3v) is 3.36. The molecule has 2 rings (SSSR count). The van der Waals surface area contributed by atoms with Crippen molar-refractivity contribution in [2.75, 3.05) is 0 Å². The van der Waals surface area contributed by atoms with E-state index in [2.05, 4.69) is 10.4 Å². The molecule has 1 unspecified atom stereocenters. The van der Waals surface area contributed by atoms with Gasteiger partial charge in [0.2, 0.25) is 5.91 Å². The largest absolute Gasteiger partial charge is 0.480 e. The molecule has 1 aromatic heterocycles. The van der Waals surface area contributed by atoms with E-state index in [1.165, 1.54) is 0 Å². The molecule has 98 valence electrons. The quantitative estimate of drug-likeness (QED) is 0.777. The molecule has 1 amide bonds. The maximum absolute atomic E-state index is 11.8. The van der Waals surface area contributed by atoms with Crippen molar-refractivity contribution in [2.45, 2.75) is 38.3 Å². The Morgan fingerprint density at radius 1 is 1.56 bits per heavy atom. The molecule has 1 fully saturated rings. The van der Waals surface area contributed by atoms with E-state index in [4.69, 9.17) is 0 Å². The molecule has 1 heterocycles. The van der Waals surface area contributed by atoms with E-state index in [9.17, 15) is 14.7 Å². The summed E-state index contributed by atoms with van der Waals surface area (Å²) < 4.78 is 1.65. The number of carboxylic acids is 1. The summed E-state index contributed by atoms with van der Waals surface area (Å²) in [5.74, 6) is -1.15. The molecule has 0 aromatic carbocycles. The fraction of sp³-hybridized carbons (Fsp3) is 0.583. The molecule has 6 heteroatoms. The summed E-state index contributed by atoms with van der Waals surface area (Å²) in [5, 5.41) is 15.8. The molecular weight excluding hydrogens is 234 g/mol. The van der Waals surface area contributed by atoms with Crippen molar-refractivity contribution in [3.05, 3.63) is 18.5 Å². The third-order valence-electron chi connectivity index (χ3n) is 3.36. The van der Waals surface area contributed by atoms with Crippen molar-refractivity contribution in [2.24, 2.45) is 5.92 Å². The molecule has 0 aliphatic heterocycles. The number of aryl methyl sites for hydroxylation is 1. The first kappa shape index (κ1) is 12.6. The number of amides is 1. The summed E-state index contributed by atoms with van der Waals surface area (Å²) in [6, 6.07) is 1.78. The van der Waals surface area contributed by atoms with Crippen molar-refractivity contribution in [3.8, 4) is 0 Å². The second-order valence-electron chi connectivity index (χ2n) is 4.85. The van der Waals surface area contributed by atoms with Crippen LogP contribution in [-0.2, 0) is 16.1 Å². The molecule has 0 bridgehead atoms. The van der Waals surface area contributed by atoms with E-state index >= 15 is 0 Å². The lowest BCUT2D eigenvalue weighted by Gasteiger charge is -2.26. The lowest BCUT2D eigenvalue weighted by atomic mass is 9.96. The zero-order chi connectivity index (χ0) is 13.2. The highest BCUT2D eigenvalue weighted by atomic mass is 16.4. The van der Waals surface area contributed by atoms with E-state index in [0.717, 1.165) is 12.8 Å². The fourth-order valence-corrected chi connectivity index (χ4v) is 1.99. The molecule has 1 aliphatic rings. The van der Waals surface area contributed by atoms with Crippen molar-refractivity contribution in [1.29, 1.82) is 0 Å². The average Bonchev–Trinajstić information content (AvgIpc) is 3.04. The van der Waals surface area contributed by atoms with Gasteiger partial charge < -0.3 is 10.4 Å². The van der Waals surface area contributed by atoms with Gasteiger partial charge in [0, 0.05) is 25.4 Å². The molecule has 1 aliphatic carbocycles. The van der Waals surface area contributed by atoms with Crippen LogP contribution in [0.4, 0.5) is 0 Å². The number of nitrogens with zero attached hydrogens (tertiary/aromatic N) is 2. The summed E-state index contributed by atoms with van der Waals surface area (Å²) in [7, 11) is 0. The van der Waals surface area contributed by atoms with Gasteiger partial charge in [-0.25, -0.2) is 4.79 Å². The Morgan fingerprint density at radius 2 is 2.28 bits per heavy atom. The van der Waals surface area contributed by atoms with Crippen LogP contribution in [0, 0.1) is 5.92 Å². The zero-order valence-electron chi connectivity index (χ0n) is 10.3. The molecule has 18 heavy (non-hydrogen) atoms. The number of hydrogen-bond acceptors (Lipinski definition) is 3. The molecular formula is C12H17N3O3. The fourth-order valence-electron chi connectivity index (χ4n) is 1.99. The standard InChI is InChI=1S/C12H17N3O3/c1-12(11(17)18,9-3-4-9)14-10(16)5-8-15-7-2-6-13-15/h2,6-7,9H,3-5,8H2,1H3,(H,14,16)(H,17,18). The van der Waals surface area contributed by atoms with Gasteiger partial charge in [-0.1, -0.05) is 0 Å². The highest BCUT2D eigenvalue weighted by Gasteiger charge is 2.48. The van der Waals surface area contributed by atoms with Crippen LogP contribution in [0.3, 0.4) is 0 Å². The second-order valence-corrected chi connectivity index (χ2v) is 4.85. The summed E-state index contributed by atoms with van der Waals surface area (Å²) >= 11 is 0. The zero-order valence-corrected chi connectivity index (χ0v) is 10.3. The Hall–Kier alpha value is -1.85. The SMILES string of the molecule is CC(NC(=O)CCn1cccn1)(C(=O)O)C1CC1. The molecule has 1 atom stereocenters. The van der Waals surface area contributed by atoms with Crippen LogP contribution in [0.2, 0.25) is 0 Å². The Labute approximate surface area is 105 Å². The summed E-state index contributed by atoms with van der Waals surface area (Å²) in [5.41, 5.74) is -1.12. The maximum Gasteiger partial charge on any atom is 0.329 e. The van der Waals surface area contributed by atoms with Gasteiger partial charge in [0.25, 0.3) is 0 Å². The van der Waals surface area contributed by atoms with Crippen LogP contribution in [0.1, 0.15) is 26.2 Å². The lowest BCUT2D eigenvalue weighted by Crippen LogP contribution is -2.54. The summed E-state index contributed by atoms with van der Waals surface area (Å²) in [6.07, 6.45) is 5.37. The summed E-state index contributed by atoms with van der Waals surface area (Å²) in [6.45, 7) is 2.04. The second kappa shape index (κ2) is 4.80. The van der Waals surface area contributed by atoms with Crippen LogP contribution in [0.5, 0.6) is 0 Å². The van der Waals surface area contributed by atoms with Crippen molar-refractivity contribution in [3.63, 3.8) is 0 Å². The third kappa shape index (κ3) is 2.69. The van der Waals surface area contributed by atoms with Crippen molar-refractivity contribution < 1.29 is 14.7 Å². The summed E-state index contributed by atoms with van der Waals surface area (Å²) in [4.78, 5) is 23.0. The predicted octanol–water partition coefficient (Wildman–Crippen LogP) is 0.643. The van der Waals surface area contributed by atoms with Crippen LogP contribution >= 0.6 is 0 Å². The van der Waals surface area contributed by atoms with Crippen LogP contribution in [0.15, 0.2) is 18.5 Å². The Kier molecular flexibility index (Phi) is 3.36. The highest BCUT2D eigenvalue weighted by molar-refractivity contribution is 5.87. The minimum atomic E-state index is -1.12. The first-order valence-electron chi connectivity index (χ1n) is 6.04. The van der Waals surface area contributed by atoms with E-state index in [1.54, 1.807) is 30.1 Å². The average molecular weight is 251 g/mol. The first-order valence-corrected chi connectivity index (χ1v) is 6.04. The van der Waals surface area contributed by atoms with Gasteiger partial charge in [0.15, 0.2) is 0 Å². The maximum atomic E-state index is 11.8. The van der Waals surface area contributed by atoms with Gasteiger partial charge >= 0.3 is 5.97 Å². The number of carbonyl (C=O) groups is 2. The molecule has 6 nitrogen and oxygen atoms in total. The van der Waals surface area contributed by atoms with Gasteiger partial charge in [0.05, 0.1) is 0 Å². The minimum Gasteiger partial charge on any atom is -0.480 e. The number of hydrogen-bond donors (Lipinski definition) is 2. The normalized spacial score (nSPS) is 18.1. The Bertz CT molecular complexity index is 439. The smallest absolute Gasteiger partial charge is 0.329 e. The molecule has 1 aromatic rings. The van der Waals surface area contributed by atoms with Gasteiger partial charge in [-0.05, 0) is 31.7 Å². The molecule has 0 radical (unpaired) electrons. The van der Waals surface area contributed by atoms with E-state index in [0.29, 0.717) is 6.54 Å². The predicted molar refractivity (Wildman–Crippen MR) is 63.8 cm³/mol. The minimum absolute atomic E-state index is 0.0589. The molecule has 0 saturated heterocycles. The number of carbonyl (C=O) groups excluding carboxylic acids is 1. The van der Waals surface area contributed by atoms with Crippen LogP contribution in [-0.4, -0.2) is 32.3 Å². The molecule has 1 saturated carbocycles. The highest BCUT2D eigenvalue weighted by Crippen LogP contribution is 2.39. The molecule has 0 spiro atoms. The van der Waals surface area contributed by atoms with Gasteiger partial charge in [0.1, 0.15) is 5.54 Å². The van der Waals surface area contributed by atoms with E-state index in [-0.39, 0.29) is 18.2 Å². The topological polar surface area (TPSA) is 84.2 Å². The lowest BCUT2D eigenvalue weighted by molar-refractivity contribution is -0.148. The van der Waals surface area contributed by atoms with E-state index < -0.39 is 11.5 Å². The van der Waals surface area contributed by atoms with E-state index in [1.807, 2.05) is 0 Å². The van der Waals surface area contributed by atoms with Crippen molar-refractivity contribution in [1.82, 2.24) is 15.1 Å². The number of carboxylic acid groups (broad SMARTS) is 1. The van der Waals surface area contributed by atoms with Gasteiger partial charge in [-0.2, -0.15) is 5.10 Å². The van der Waals surface area contributed by atoms with Crippen LogP contribution in [0.25, 0.3) is 0 Å². The molecule has 2 N–H and O–H groups in total. The first-order chi connectivity index (χ1) is 8.52.